The number of nitrogens with two attached hydrogens (primary N) is 2. The first-order valence-electron chi connectivity index (χ1n) is 12.1. The second-order valence-electron chi connectivity index (χ2n) is 9.02. The minimum absolute atomic E-state index is 0.0487. The Morgan fingerprint density at radius 3 is 1.45 bits per heavy atom. The van der Waals surface area contributed by atoms with Crippen LogP contribution in [0.4, 0.5) is 17.6 Å². The van der Waals surface area contributed by atoms with Crippen LogP contribution in [-0.4, -0.2) is 56.8 Å². The molecule has 2 heterocycles. The van der Waals surface area contributed by atoms with Gasteiger partial charge in [-0.15, -0.1) is 0 Å². The maximum atomic E-state index is 13.8. The fourth-order valence-electron chi connectivity index (χ4n) is 4.18. The maximum Gasteiger partial charge on any atom is 0.331 e. The van der Waals surface area contributed by atoms with Crippen LogP contribution in [-0.2, 0) is 32.2 Å². The summed E-state index contributed by atoms with van der Waals surface area (Å²) in [5.74, 6) is -5.94. The molecule has 0 saturated carbocycles. The number of carbonyl (C=O) groups is 2. The third kappa shape index (κ3) is 6.13. The number of benzene rings is 2. The molecule has 2 aromatic carbocycles. The van der Waals surface area contributed by atoms with Crippen molar-refractivity contribution in [1.82, 2.24) is 19.6 Å². The summed E-state index contributed by atoms with van der Waals surface area (Å²) in [6.07, 6.45) is -0.124. The molecule has 0 bridgehead atoms. The molecule has 2 unspecified atom stereocenters. The molecule has 2 aromatic heterocycles. The molecule has 0 aliphatic rings. The Kier molecular flexibility index (Phi) is 8.49. The predicted molar refractivity (Wildman–Crippen MR) is 136 cm³/mol. The minimum atomic E-state index is -1.05. The van der Waals surface area contributed by atoms with Gasteiger partial charge in [0.15, 0.2) is 23.3 Å². The summed E-state index contributed by atoms with van der Waals surface area (Å²) in [4.78, 5) is 24.6. The number of hydrogen-bond donors (Lipinski definition) is 2. The number of carbonyl (C=O) groups excluding carboxylic acids is 2. The van der Waals surface area contributed by atoms with Crippen molar-refractivity contribution >= 4 is 33.7 Å². The molecule has 4 rings (SSSR count). The van der Waals surface area contributed by atoms with E-state index >= 15 is 0 Å². The van der Waals surface area contributed by atoms with Gasteiger partial charge in [-0.25, -0.2) is 27.2 Å². The molecule has 0 aliphatic carbocycles. The summed E-state index contributed by atoms with van der Waals surface area (Å²) >= 11 is 0. The number of nitrogens with zero attached hydrogens (tertiary/aromatic N) is 4. The molecule has 10 nitrogen and oxygen atoms in total. The van der Waals surface area contributed by atoms with Gasteiger partial charge < -0.3 is 20.9 Å². The molecule has 0 radical (unpaired) electrons. The lowest BCUT2D eigenvalue weighted by molar-refractivity contribution is -0.146. The van der Waals surface area contributed by atoms with Crippen molar-refractivity contribution in [2.45, 2.75) is 39.1 Å². The van der Waals surface area contributed by atoms with Gasteiger partial charge in [0.25, 0.3) is 0 Å². The SMILES string of the molecule is Cc1nn(CC(CN)OC(=O)/C=C/C(=O)OC(CN)Cn2nc(C)c3cc(F)c(F)cc32)c2cc(F)c(F)cc12. The minimum Gasteiger partial charge on any atom is -0.456 e. The largest absolute Gasteiger partial charge is 0.456 e. The molecule has 212 valence electrons. The van der Waals surface area contributed by atoms with Gasteiger partial charge in [-0.2, -0.15) is 10.2 Å². The van der Waals surface area contributed by atoms with Gasteiger partial charge in [-0.3, -0.25) is 9.36 Å². The van der Waals surface area contributed by atoms with Crippen LogP contribution in [0.2, 0.25) is 0 Å². The van der Waals surface area contributed by atoms with Crippen LogP contribution in [0, 0.1) is 37.1 Å². The first-order chi connectivity index (χ1) is 19.0. The monoisotopic (exact) mass is 562 g/mol. The quantitative estimate of drug-likeness (QED) is 0.171. The molecule has 40 heavy (non-hydrogen) atoms. The molecule has 4 N–H and O–H groups in total. The topological polar surface area (TPSA) is 140 Å². The van der Waals surface area contributed by atoms with Gasteiger partial charge in [0, 0.05) is 48.1 Å². The highest BCUT2D eigenvalue weighted by Crippen LogP contribution is 2.23. The van der Waals surface area contributed by atoms with Crippen molar-refractivity contribution in [1.29, 1.82) is 0 Å². The van der Waals surface area contributed by atoms with Gasteiger partial charge in [0.1, 0.15) is 12.2 Å². The van der Waals surface area contributed by atoms with Crippen molar-refractivity contribution in [3.8, 4) is 0 Å². The second-order valence-corrected chi connectivity index (χ2v) is 9.02. The van der Waals surface area contributed by atoms with Crippen LogP contribution >= 0.6 is 0 Å². The van der Waals surface area contributed by atoms with E-state index in [0.717, 1.165) is 36.4 Å². The van der Waals surface area contributed by atoms with Crippen LogP contribution < -0.4 is 11.5 Å². The maximum absolute atomic E-state index is 13.8. The fourth-order valence-corrected chi connectivity index (χ4v) is 4.18. The van der Waals surface area contributed by atoms with Gasteiger partial charge in [-0.1, -0.05) is 0 Å². The highest BCUT2D eigenvalue weighted by Gasteiger charge is 2.20. The zero-order valence-corrected chi connectivity index (χ0v) is 21.5. The van der Waals surface area contributed by atoms with E-state index in [2.05, 4.69) is 10.2 Å². The Labute approximate surface area is 225 Å². The Bertz CT molecular complexity index is 1500. The van der Waals surface area contributed by atoms with Crippen molar-refractivity contribution in [2.24, 2.45) is 11.5 Å². The summed E-state index contributed by atoms with van der Waals surface area (Å²) in [7, 11) is 0. The summed E-state index contributed by atoms with van der Waals surface area (Å²) in [5.41, 5.74) is 12.9. The van der Waals surface area contributed by atoms with E-state index in [1.54, 1.807) is 13.8 Å². The van der Waals surface area contributed by atoms with E-state index in [1.165, 1.54) is 9.36 Å². The fraction of sp³-hybridized carbons (Fsp3) is 0.308. The molecule has 0 aliphatic heterocycles. The van der Waals surface area contributed by atoms with E-state index in [0.29, 0.717) is 33.2 Å². The molecule has 2 atom stereocenters. The summed E-state index contributed by atoms with van der Waals surface area (Å²) in [6, 6.07) is 4.05. The second kappa shape index (κ2) is 11.8. The average Bonchev–Trinajstić information content (AvgIpc) is 3.37. The number of aromatic nitrogens is 4. The molecule has 0 saturated heterocycles. The van der Waals surface area contributed by atoms with Crippen LogP contribution in [0.1, 0.15) is 11.4 Å². The number of aryl methyl sites for hydroxylation is 2. The van der Waals surface area contributed by atoms with Gasteiger partial charge in [-0.05, 0) is 26.0 Å². The lowest BCUT2D eigenvalue weighted by Gasteiger charge is -2.16. The normalized spacial score (nSPS) is 13.3. The first-order valence-corrected chi connectivity index (χ1v) is 12.1. The van der Waals surface area contributed by atoms with Crippen LogP contribution in [0.15, 0.2) is 36.4 Å². The predicted octanol–water partition coefficient (Wildman–Crippen LogP) is 2.56. The molecule has 4 aromatic rings. The van der Waals surface area contributed by atoms with Crippen molar-refractivity contribution in [3.05, 3.63) is 71.1 Å². The molecule has 0 spiro atoms. The van der Waals surface area contributed by atoms with Crippen LogP contribution in [0.3, 0.4) is 0 Å². The molecular formula is C26H26F4N6O4. The zero-order valence-electron chi connectivity index (χ0n) is 21.5. The lowest BCUT2D eigenvalue weighted by atomic mass is 10.2. The summed E-state index contributed by atoms with van der Waals surface area (Å²) in [6.45, 7) is 2.91. The molecule has 14 heteroatoms. The van der Waals surface area contributed by atoms with Gasteiger partial charge in [0.05, 0.1) is 35.5 Å². The Balaban J connectivity index is 1.37. The lowest BCUT2D eigenvalue weighted by Crippen LogP contribution is -2.32. The third-order valence-corrected chi connectivity index (χ3v) is 6.15. The zero-order chi connectivity index (χ0) is 29.1. The first kappa shape index (κ1) is 28.7. The highest BCUT2D eigenvalue weighted by molar-refractivity contribution is 5.92. The van der Waals surface area contributed by atoms with E-state index < -0.39 is 47.4 Å². The van der Waals surface area contributed by atoms with Crippen molar-refractivity contribution < 1.29 is 36.6 Å². The Morgan fingerprint density at radius 1 is 0.750 bits per heavy atom. The van der Waals surface area contributed by atoms with Crippen molar-refractivity contribution in [3.63, 3.8) is 0 Å². The summed E-state index contributed by atoms with van der Waals surface area (Å²) in [5, 5.41) is 9.26. The molecule has 0 fully saturated rings. The van der Waals surface area contributed by atoms with E-state index in [9.17, 15) is 27.2 Å². The number of esters is 2. The van der Waals surface area contributed by atoms with E-state index in [1.807, 2.05) is 0 Å². The standard InChI is InChI=1S/C26H26F4N6O4/c1-13-17-5-19(27)21(29)7-23(17)35(33-13)11-15(9-31)39-25(37)3-4-26(38)40-16(10-32)12-36-24-8-22(30)20(28)6-18(24)14(2)34-36/h3-8,15-16H,9-12,31-32H2,1-2H3/b4-3+. The molecule has 0 amide bonds. The van der Waals surface area contributed by atoms with Crippen molar-refractivity contribution in [2.75, 3.05) is 13.1 Å². The third-order valence-electron chi connectivity index (χ3n) is 6.15. The number of fused-ring (bicyclic) bond motifs is 2. The number of hydrogen-bond acceptors (Lipinski definition) is 8. The molecular weight excluding hydrogens is 536 g/mol. The Morgan fingerprint density at radius 2 is 1.10 bits per heavy atom. The van der Waals surface area contributed by atoms with Crippen LogP contribution in [0.5, 0.6) is 0 Å². The van der Waals surface area contributed by atoms with Crippen LogP contribution in [0.25, 0.3) is 21.8 Å². The average molecular weight is 563 g/mol. The number of halogens is 4. The summed E-state index contributed by atoms with van der Waals surface area (Å²) < 4.78 is 68.0. The number of rotatable bonds is 10. The van der Waals surface area contributed by atoms with E-state index in [-0.39, 0.29) is 26.2 Å². The van der Waals surface area contributed by atoms with E-state index in [4.69, 9.17) is 20.9 Å². The number of ether oxygens (including phenoxy) is 2. The van der Waals surface area contributed by atoms with Gasteiger partial charge >= 0.3 is 11.9 Å². The smallest absolute Gasteiger partial charge is 0.331 e. The van der Waals surface area contributed by atoms with Gasteiger partial charge in [0.2, 0.25) is 0 Å². The Hall–Kier alpha value is -4.30. The highest BCUT2D eigenvalue weighted by atomic mass is 19.2.